The van der Waals surface area contributed by atoms with Crippen molar-refractivity contribution in [2.75, 3.05) is 7.11 Å². The highest BCUT2D eigenvalue weighted by molar-refractivity contribution is 5.73. The van der Waals surface area contributed by atoms with Gasteiger partial charge in [0.25, 0.3) is 5.69 Å². The number of hydrogen-bond acceptors (Lipinski definition) is 4. The Labute approximate surface area is 152 Å². The van der Waals surface area contributed by atoms with E-state index in [9.17, 15) is 10.1 Å². The minimum Gasteiger partial charge on any atom is -0.496 e. The van der Waals surface area contributed by atoms with E-state index in [-0.39, 0.29) is 5.69 Å². The van der Waals surface area contributed by atoms with Crippen molar-refractivity contribution >= 4 is 5.69 Å². The fraction of sp³-hybridized carbons (Fsp3) is 0.143. The summed E-state index contributed by atoms with van der Waals surface area (Å²) < 4.78 is 5.46. The Hall–Kier alpha value is -3.18. The molecule has 0 aliphatic heterocycles. The topological polar surface area (TPSA) is 78.4 Å². The number of nitro groups is 1. The third kappa shape index (κ3) is 3.73. The molecule has 0 saturated heterocycles. The smallest absolute Gasteiger partial charge is 0.270 e. The third-order valence-corrected chi connectivity index (χ3v) is 4.36. The molecule has 0 aromatic heterocycles. The first-order chi connectivity index (χ1) is 12.6. The number of hydrogen-bond donors (Lipinski definition) is 1. The summed E-state index contributed by atoms with van der Waals surface area (Å²) in [6, 6.07) is 20.6. The second-order valence-electron chi connectivity index (χ2n) is 5.99. The molecule has 26 heavy (non-hydrogen) atoms. The number of nitrogens with two attached hydrogens (primary N) is 1. The number of rotatable bonds is 6. The molecule has 0 amide bonds. The molecule has 5 nitrogen and oxygen atoms in total. The molecule has 0 fully saturated rings. The molecule has 0 spiro atoms. The van der Waals surface area contributed by atoms with Gasteiger partial charge in [0.1, 0.15) is 5.75 Å². The fourth-order valence-corrected chi connectivity index (χ4v) is 3.03. The summed E-state index contributed by atoms with van der Waals surface area (Å²) in [7, 11) is 1.60. The van der Waals surface area contributed by atoms with Crippen LogP contribution in [0.15, 0.2) is 66.7 Å². The lowest BCUT2D eigenvalue weighted by molar-refractivity contribution is -0.384. The molecule has 132 valence electrons. The zero-order valence-electron chi connectivity index (χ0n) is 14.5. The Morgan fingerprint density at radius 2 is 1.77 bits per heavy atom. The number of nitrogens with zero attached hydrogens (tertiary/aromatic N) is 1. The largest absolute Gasteiger partial charge is 0.496 e. The van der Waals surface area contributed by atoms with Crippen LogP contribution in [-0.4, -0.2) is 12.0 Å². The molecule has 5 heteroatoms. The summed E-state index contributed by atoms with van der Waals surface area (Å²) in [5.74, 6) is 0.682. The highest BCUT2D eigenvalue weighted by atomic mass is 16.6. The zero-order chi connectivity index (χ0) is 18.5. The van der Waals surface area contributed by atoms with Crippen LogP contribution in [-0.2, 0) is 13.0 Å². The highest BCUT2D eigenvalue weighted by Crippen LogP contribution is 2.33. The maximum absolute atomic E-state index is 11.1. The summed E-state index contributed by atoms with van der Waals surface area (Å²) in [5, 5.41) is 11.1. The minimum absolute atomic E-state index is 0.0587. The van der Waals surface area contributed by atoms with Crippen LogP contribution in [0.2, 0.25) is 0 Å². The van der Waals surface area contributed by atoms with Crippen LogP contribution in [0.5, 0.6) is 5.75 Å². The normalized spacial score (nSPS) is 10.5. The lowest BCUT2D eigenvalue weighted by Gasteiger charge is -2.13. The van der Waals surface area contributed by atoms with Gasteiger partial charge in [0.15, 0.2) is 0 Å². The molecular weight excluding hydrogens is 328 g/mol. The van der Waals surface area contributed by atoms with Crippen LogP contribution in [0.25, 0.3) is 11.1 Å². The Morgan fingerprint density at radius 1 is 1.00 bits per heavy atom. The van der Waals surface area contributed by atoms with Crippen LogP contribution in [0.3, 0.4) is 0 Å². The molecule has 0 radical (unpaired) electrons. The number of methoxy groups -OCH3 is 1. The van der Waals surface area contributed by atoms with Crippen molar-refractivity contribution in [1.82, 2.24) is 0 Å². The second-order valence-corrected chi connectivity index (χ2v) is 5.99. The molecule has 0 aliphatic rings. The van der Waals surface area contributed by atoms with Gasteiger partial charge in [0.05, 0.1) is 12.0 Å². The van der Waals surface area contributed by atoms with Gasteiger partial charge in [-0.25, -0.2) is 0 Å². The van der Waals surface area contributed by atoms with Crippen molar-refractivity contribution in [1.29, 1.82) is 0 Å². The molecular formula is C21H20N2O3. The van der Waals surface area contributed by atoms with Gasteiger partial charge in [-0.15, -0.1) is 0 Å². The zero-order valence-corrected chi connectivity index (χ0v) is 14.5. The van der Waals surface area contributed by atoms with Gasteiger partial charge in [-0.3, -0.25) is 10.1 Å². The molecule has 0 aliphatic carbocycles. The molecule has 0 heterocycles. The average Bonchev–Trinajstić information content (AvgIpc) is 2.68. The first-order valence-electron chi connectivity index (χ1n) is 8.31. The van der Waals surface area contributed by atoms with Crippen LogP contribution >= 0.6 is 0 Å². The van der Waals surface area contributed by atoms with Crippen molar-refractivity contribution in [3.63, 3.8) is 0 Å². The fourth-order valence-electron chi connectivity index (χ4n) is 3.03. The van der Waals surface area contributed by atoms with Gasteiger partial charge in [-0.1, -0.05) is 42.5 Å². The van der Waals surface area contributed by atoms with E-state index in [1.807, 2.05) is 42.5 Å². The number of nitro benzene ring substituents is 1. The maximum Gasteiger partial charge on any atom is 0.270 e. The Kier molecular flexibility index (Phi) is 5.29. The van der Waals surface area contributed by atoms with E-state index < -0.39 is 4.92 Å². The van der Waals surface area contributed by atoms with Crippen LogP contribution in [0.4, 0.5) is 5.69 Å². The SMILES string of the molecule is COc1ccc(Cc2ccccc2CN)cc1-c1cccc([N+](=O)[O-])c1. The molecule has 0 bridgehead atoms. The van der Waals surface area contributed by atoms with Crippen LogP contribution < -0.4 is 10.5 Å². The minimum atomic E-state index is -0.392. The van der Waals surface area contributed by atoms with Gasteiger partial charge in [0.2, 0.25) is 0 Å². The van der Waals surface area contributed by atoms with Crippen molar-refractivity contribution in [3.05, 3.63) is 93.5 Å². The summed E-state index contributed by atoms with van der Waals surface area (Å²) >= 11 is 0. The first-order valence-corrected chi connectivity index (χ1v) is 8.31. The summed E-state index contributed by atoms with van der Waals surface area (Å²) in [6.07, 6.45) is 0.735. The summed E-state index contributed by atoms with van der Waals surface area (Å²) in [4.78, 5) is 10.7. The van der Waals surface area contributed by atoms with Gasteiger partial charge in [-0.05, 0) is 40.8 Å². The molecule has 0 saturated carbocycles. The van der Waals surface area contributed by atoms with Crippen LogP contribution in [0, 0.1) is 10.1 Å². The first kappa shape index (κ1) is 17.6. The number of ether oxygens (including phenoxy) is 1. The van der Waals surface area contributed by atoms with Crippen LogP contribution in [0.1, 0.15) is 16.7 Å². The standard InChI is InChI=1S/C21H20N2O3/c1-26-21-10-9-15(11-16-5-2-3-6-18(16)14-22)12-20(21)17-7-4-8-19(13-17)23(24)25/h2-10,12-13H,11,14,22H2,1H3. The molecule has 3 aromatic carbocycles. The lowest BCUT2D eigenvalue weighted by atomic mass is 9.96. The van der Waals surface area contributed by atoms with E-state index in [4.69, 9.17) is 10.5 Å². The molecule has 3 rings (SSSR count). The van der Waals surface area contributed by atoms with E-state index in [0.29, 0.717) is 12.3 Å². The second kappa shape index (κ2) is 7.80. The highest BCUT2D eigenvalue weighted by Gasteiger charge is 2.12. The van der Waals surface area contributed by atoms with Crippen molar-refractivity contribution in [3.8, 4) is 16.9 Å². The van der Waals surface area contributed by atoms with E-state index in [1.165, 1.54) is 11.6 Å². The maximum atomic E-state index is 11.1. The molecule has 2 N–H and O–H groups in total. The number of non-ortho nitro benzene ring substituents is 1. The predicted octanol–water partition coefficient (Wildman–Crippen LogP) is 4.32. The molecule has 0 atom stereocenters. The summed E-state index contributed by atoms with van der Waals surface area (Å²) in [6.45, 7) is 0.490. The van der Waals surface area contributed by atoms with E-state index >= 15 is 0 Å². The quantitative estimate of drug-likeness (QED) is 0.531. The van der Waals surface area contributed by atoms with Crippen molar-refractivity contribution in [2.24, 2.45) is 5.73 Å². The predicted molar refractivity (Wildman–Crippen MR) is 102 cm³/mol. The van der Waals surface area contributed by atoms with E-state index in [2.05, 4.69) is 6.07 Å². The lowest BCUT2D eigenvalue weighted by Crippen LogP contribution is -2.02. The van der Waals surface area contributed by atoms with E-state index in [1.54, 1.807) is 19.2 Å². The van der Waals surface area contributed by atoms with Gasteiger partial charge in [-0.2, -0.15) is 0 Å². The summed E-state index contributed by atoms with van der Waals surface area (Å²) in [5.41, 5.74) is 10.9. The average molecular weight is 348 g/mol. The molecule has 3 aromatic rings. The molecule has 0 unspecified atom stereocenters. The Morgan fingerprint density at radius 3 is 2.46 bits per heavy atom. The van der Waals surface area contributed by atoms with Gasteiger partial charge < -0.3 is 10.5 Å². The van der Waals surface area contributed by atoms with Gasteiger partial charge >= 0.3 is 0 Å². The van der Waals surface area contributed by atoms with Crippen molar-refractivity contribution in [2.45, 2.75) is 13.0 Å². The third-order valence-electron chi connectivity index (χ3n) is 4.36. The Balaban J connectivity index is 2.02. The van der Waals surface area contributed by atoms with Crippen molar-refractivity contribution < 1.29 is 9.66 Å². The monoisotopic (exact) mass is 348 g/mol. The number of benzene rings is 3. The van der Waals surface area contributed by atoms with Gasteiger partial charge in [0, 0.05) is 24.2 Å². The Bertz CT molecular complexity index is 938. The van der Waals surface area contributed by atoms with E-state index in [0.717, 1.165) is 28.7 Å².